The summed E-state index contributed by atoms with van der Waals surface area (Å²) in [5, 5.41) is 5.02. The lowest BCUT2D eigenvalue weighted by Gasteiger charge is -2.10. The number of rotatable bonds is 3. The Hall–Kier alpha value is -3.00. The van der Waals surface area contributed by atoms with E-state index in [4.69, 9.17) is 0 Å². The van der Waals surface area contributed by atoms with Crippen molar-refractivity contribution in [1.29, 1.82) is 0 Å². The molecule has 2 amide bonds. The first-order valence-electron chi connectivity index (χ1n) is 8.80. The molecule has 138 valence electrons. The van der Waals surface area contributed by atoms with Gasteiger partial charge in [-0.05, 0) is 43.9 Å². The maximum absolute atomic E-state index is 12.6. The summed E-state index contributed by atoms with van der Waals surface area (Å²) < 4.78 is 1.24. The predicted octanol–water partition coefficient (Wildman–Crippen LogP) is 2.04. The third kappa shape index (κ3) is 3.12. The Morgan fingerprint density at radius 1 is 1.15 bits per heavy atom. The Bertz CT molecular complexity index is 1090. The van der Waals surface area contributed by atoms with Crippen LogP contribution in [0, 0.1) is 0 Å². The topological polar surface area (TPSA) is 93.1 Å². The number of carbonyl (C=O) groups excluding carboxylic acids is 2. The number of hydrogen-bond donors (Lipinski definition) is 2. The number of carbonyl (C=O) groups is 2. The number of fused-ring (bicyclic) bond motifs is 2. The van der Waals surface area contributed by atoms with Crippen molar-refractivity contribution >= 4 is 33.9 Å². The van der Waals surface area contributed by atoms with Crippen LogP contribution in [-0.4, -0.2) is 21.6 Å². The quantitative estimate of drug-likeness (QED) is 0.678. The van der Waals surface area contributed by atoms with E-state index in [9.17, 15) is 14.4 Å². The third-order valence-corrected chi connectivity index (χ3v) is 5.88. The van der Waals surface area contributed by atoms with Crippen LogP contribution in [0.2, 0.25) is 0 Å². The largest absolute Gasteiger partial charge is 0.290 e. The fraction of sp³-hybridized carbons (Fsp3) is 0.263. The lowest BCUT2D eigenvalue weighted by Crippen LogP contribution is -2.42. The van der Waals surface area contributed by atoms with Crippen LogP contribution >= 0.6 is 11.3 Å². The molecular formula is C19H18N4O3S. The summed E-state index contributed by atoms with van der Waals surface area (Å²) >= 11 is 1.46. The van der Waals surface area contributed by atoms with Gasteiger partial charge in [-0.3, -0.25) is 25.2 Å². The zero-order valence-electron chi connectivity index (χ0n) is 14.7. The molecule has 4 rings (SSSR count). The number of amides is 2. The average Bonchev–Trinajstić information content (AvgIpc) is 3.28. The lowest BCUT2D eigenvalue weighted by molar-refractivity contribution is 0.0846. The van der Waals surface area contributed by atoms with E-state index in [0.717, 1.165) is 19.3 Å². The van der Waals surface area contributed by atoms with Crippen molar-refractivity contribution < 1.29 is 9.59 Å². The fourth-order valence-electron chi connectivity index (χ4n) is 3.29. The molecule has 0 saturated heterocycles. The molecular weight excluding hydrogens is 364 g/mol. The summed E-state index contributed by atoms with van der Waals surface area (Å²) in [5.74, 6) is -0.915. The number of aromatic nitrogens is 2. The van der Waals surface area contributed by atoms with Gasteiger partial charge in [0.1, 0.15) is 0 Å². The van der Waals surface area contributed by atoms with Crippen LogP contribution in [0.25, 0.3) is 10.8 Å². The van der Waals surface area contributed by atoms with Gasteiger partial charge >= 0.3 is 0 Å². The van der Waals surface area contributed by atoms with Gasteiger partial charge in [-0.2, -0.15) is 5.10 Å². The molecule has 3 aromatic rings. The van der Waals surface area contributed by atoms with Gasteiger partial charge in [0.15, 0.2) is 5.69 Å². The highest BCUT2D eigenvalue weighted by molar-refractivity contribution is 7.14. The molecule has 8 heteroatoms. The van der Waals surface area contributed by atoms with E-state index in [1.54, 1.807) is 31.2 Å². The predicted molar refractivity (Wildman–Crippen MR) is 103 cm³/mol. The Morgan fingerprint density at radius 2 is 1.89 bits per heavy atom. The number of benzene rings is 1. The van der Waals surface area contributed by atoms with E-state index in [1.807, 2.05) is 6.07 Å². The zero-order chi connectivity index (χ0) is 19.0. The van der Waals surface area contributed by atoms with Gasteiger partial charge in [-0.15, -0.1) is 11.3 Å². The Morgan fingerprint density at radius 3 is 2.63 bits per heavy atom. The molecule has 0 atom stereocenters. The highest BCUT2D eigenvalue weighted by Gasteiger charge is 2.20. The highest BCUT2D eigenvalue weighted by atomic mass is 32.1. The molecule has 0 bridgehead atoms. The van der Waals surface area contributed by atoms with Crippen LogP contribution in [-0.2, 0) is 19.4 Å². The second-order valence-corrected chi connectivity index (χ2v) is 7.47. The first kappa shape index (κ1) is 17.4. The molecule has 0 radical (unpaired) electrons. The first-order valence-corrected chi connectivity index (χ1v) is 9.62. The number of nitrogens with one attached hydrogen (secondary N) is 2. The minimum atomic E-state index is -0.564. The van der Waals surface area contributed by atoms with Crippen molar-refractivity contribution in [2.75, 3.05) is 0 Å². The summed E-state index contributed by atoms with van der Waals surface area (Å²) in [6.45, 7) is 2.12. The van der Waals surface area contributed by atoms with Crippen molar-refractivity contribution in [3.63, 3.8) is 0 Å². The Labute approximate surface area is 159 Å². The maximum Gasteiger partial charge on any atom is 0.290 e. The first-order chi connectivity index (χ1) is 13.1. The van der Waals surface area contributed by atoms with Gasteiger partial charge in [0, 0.05) is 16.8 Å². The second kappa shape index (κ2) is 6.96. The van der Waals surface area contributed by atoms with Crippen LogP contribution in [0.4, 0.5) is 0 Å². The van der Waals surface area contributed by atoms with E-state index in [2.05, 4.69) is 16.0 Å². The van der Waals surface area contributed by atoms with Crippen molar-refractivity contribution in [3.8, 4) is 0 Å². The number of aryl methyl sites for hydroxylation is 3. The molecule has 1 aromatic carbocycles. The van der Waals surface area contributed by atoms with E-state index >= 15 is 0 Å². The van der Waals surface area contributed by atoms with Gasteiger partial charge in [0.25, 0.3) is 17.4 Å². The average molecular weight is 382 g/mol. The molecule has 0 saturated carbocycles. The summed E-state index contributed by atoms with van der Waals surface area (Å²) in [4.78, 5) is 39.1. The van der Waals surface area contributed by atoms with Crippen molar-refractivity contribution in [3.05, 3.63) is 61.7 Å². The van der Waals surface area contributed by atoms with Crippen molar-refractivity contribution in [2.24, 2.45) is 0 Å². The standard InChI is InChI=1S/C19H18N4O3S/c1-2-23-19(26)13-8-4-3-7-12(13)16(22-23)18(25)21-20-17(24)15-10-11-6-5-9-14(11)27-15/h3-4,7-8,10H,2,5-6,9H2,1H3,(H,20,24)(H,21,25). The van der Waals surface area contributed by atoms with Gasteiger partial charge in [0.05, 0.1) is 10.3 Å². The van der Waals surface area contributed by atoms with Crippen LogP contribution in [0.15, 0.2) is 35.1 Å². The van der Waals surface area contributed by atoms with Crippen molar-refractivity contribution in [2.45, 2.75) is 32.7 Å². The van der Waals surface area contributed by atoms with Gasteiger partial charge in [-0.25, -0.2) is 4.68 Å². The van der Waals surface area contributed by atoms with Gasteiger partial charge in [-0.1, -0.05) is 18.2 Å². The highest BCUT2D eigenvalue weighted by Crippen LogP contribution is 2.30. The summed E-state index contributed by atoms with van der Waals surface area (Å²) in [6, 6.07) is 8.70. The molecule has 0 spiro atoms. The van der Waals surface area contributed by atoms with E-state index < -0.39 is 5.91 Å². The van der Waals surface area contributed by atoms with Gasteiger partial charge < -0.3 is 0 Å². The smallest absolute Gasteiger partial charge is 0.267 e. The molecule has 1 aliphatic carbocycles. The molecule has 1 aliphatic rings. The fourth-order valence-corrected chi connectivity index (χ4v) is 4.44. The molecule has 2 N–H and O–H groups in total. The third-order valence-electron chi connectivity index (χ3n) is 4.64. The van der Waals surface area contributed by atoms with Crippen LogP contribution in [0.3, 0.4) is 0 Å². The summed E-state index contributed by atoms with van der Waals surface area (Å²) in [5.41, 5.74) is 5.93. The zero-order valence-corrected chi connectivity index (χ0v) is 15.6. The van der Waals surface area contributed by atoms with E-state index in [0.29, 0.717) is 22.2 Å². The molecule has 0 unspecified atom stereocenters. The molecule has 0 aliphatic heterocycles. The lowest BCUT2D eigenvalue weighted by atomic mass is 10.1. The minimum Gasteiger partial charge on any atom is -0.267 e. The van der Waals surface area contributed by atoms with Crippen LogP contribution in [0.5, 0.6) is 0 Å². The summed E-state index contributed by atoms with van der Waals surface area (Å²) in [6.07, 6.45) is 3.14. The Balaban J connectivity index is 1.57. The molecule has 7 nitrogen and oxygen atoms in total. The van der Waals surface area contributed by atoms with Crippen LogP contribution in [0.1, 0.15) is 43.9 Å². The van der Waals surface area contributed by atoms with E-state index in [1.165, 1.54) is 26.5 Å². The number of thiophene rings is 1. The number of hydrogen-bond acceptors (Lipinski definition) is 5. The summed E-state index contributed by atoms with van der Waals surface area (Å²) in [7, 11) is 0. The molecule has 2 heterocycles. The molecule has 27 heavy (non-hydrogen) atoms. The van der Waals surface area contributed by atoms with Crippen LogP contribution < -0.4 is 16.4 Å². The molecule has 2 aromatic heterocycles. The van der Waals surface area contributed by atoms with Gasteiger partial charge in [0.2, 0.25) is 0 Å². The SMILES string of the molecule is CCn1nc(C(=O)NNC(=O)c2cc3c(s2)CCC3)c2ccccc2c1=O. The minimum absolute atomic E-state index is 0.0982. The van der Waals surface area contributed by atoms with Crippen molar-refractivity contribution in [1.82, 2.24) is 20.6 Å². The monoisotopic (exact) mass is 382 g/mol. The maximum atomic E-state index is 12.6. The second-order valence-electron chi connectivity index (χ2n) is 6.34. The number of hydrazine groups is 1. The normalized spacial score (nSPS) is 12.8. The van der Waals surface area contributed by atoms with E-state index in [-0.39, 0.29) is 17.2 Å². The molecule has 0 fully saturated rings. The Kier molecular flexibility index (Phi) is 4.49. The number of nitrogens with zero attached hydrogens (tertiary/aromatic N) is 2.